The third kappa shape index (κ3) is 6.44. The number of carbonyl (C=O) groups excluding carboxylic acids is 2. The molecule has 34 heavy (non-hydrogen) atoms. The molecular formula is C22H24F2N6O3S. The van der Waals surface area contributed by atoms with Gasteiger partial charge in [0.15, 0.2) is 5.82 Å². The molecule has 0 saturated carbocycles. The second kappa shape index (κ2) is 11.0. The third-order valence-electron chi connectivity index (χ3n) is 4.72. The van der Waals surface area contributed by atoms with E-state index in [0.29, 0.717) is 5.56 Å². The lowest BCUT2D eigenvalue weighted by Crippen LogP contribution is -2.34. The van der Waals surface area contributed by atoms with Crippen molar-refractivity contribution in [3.05, 3.63) is 53.1 Å². The van der Waals surface area contributed by atoms with Crippen LogP contribution >= 0.6 is 11.8 Å². The van der Waals surface area contributed by atoms with Crippen LogP contribution in [0.15, 0.2) is 41.6 Å². The van der Waals surface area contributed by atoms with E-state index < -0.39 is 6.61 Å². The molecule has 0 aliphatic carbocycles. The fraction of sp³-hybridized carbons (Fsp3) is 0.273. The molecule has 2 amide bonds. The summed E-state index contributed by atoms with van der Waals surface area (Å²) < 4.78 is 30.1. The van der Waals surface area contributed by atoms with Crippen molar-refractivity contribution in [1.82, 2.24) is 20.2 Å². The molecule has 0 fully saturated rings. The van der Waals surface area contributed by atoms with Gasteiger partial charge in [0, 0.05) is 11.3 Å². The van der Waals surface area contributed by atoms with E-state index in [1.54, 1.807) is 0 Å². The number of nitrogens with zero attached hydrogens (tertiary/aromatic N) is 3. The number of hydrogen-bond acceptors (Lipinski definition) is 7. The number of nitrogen functional groups attached to an aromatic ring is 1. The first kappa shape index (κ1) is 25.0. The molecule has 1 aromatic heterocycles. The van der Waals surface area contributed by atoms with Gasteiger partial charge in [-0.25, -0.2) is 4.68 Å². The fourth-order valence-corrected chi connectivity index (χ4v) is 3.96. The van der Waals surface area contributed by atoms with Crippen LogP contribution in [0, 0.1) is 20.8 Å². The molecule has 0 bridgehead atoms. The van der Waals surface area contributed by atoms with Gasteiger partial charge in [-0.15, -0.1) is 10.2 Å². The molecular weight excluding hydrogens is 466 g/mol. The highest BCUT2D eigenvalue weighted by atomic mass is 32.2. The van der Waals surface area contributed by atoms with Crippen molar-refractivity contribution in [3.63, 3.8) is 0 Å². The summed E-state index contributed by atoms with van der Waals surface area (Å²) in [5, 5.41) is 13.6. The number of nitrogens with one attached hydrogen (secondary N) is 2. The Bertz CT molecular complexity index is 1160. The summed E-state index contributed by atoms with van der Waals surface area (Å²) in [6.45, 7) is 2.71. The molecule has 0 spiro atoms. The van der Waals surface area contributed by atoms with Gasteiger partial charge in [-0.3, -0.25) is 9.59 Å². The second-order valence-electron chi connectivity index (χ2n) is 7.47. The first-order valence-corrected chi connectivity index (χ1v) is 11.2. The Labute approximate surface area is 199 Å². The van der Waals surface area contributed by atoms with Crippen LogP contribution in [-0.2, 0) is 9.59 Å². The van der Waals surface area contributed by atoms with Gasteiger partial charge in [0.05, 0.1) is 12.3 Å². The number of nitrogens with two attached hydrogens (primary N) is 1. The van der Waals surface area contributed by atoms with E-state index >= 15 is 0 Å². The number of alkyl halides is 2. The van der Waals surface area contributed by atoms with Gasteiger partial charge in [0.2, 0.25) is 17.0 Å². The van der Waals surface area contributed by atoms with Crippen LogP contribution in [-0.4, -0.2) is 45.6 Å². The second-order valence-corrected chi connectivity index (χ2v) is 8.41. The van der Waals surface area contributed by atoms with Crippen LogP contribution in [0.3, 0.4) is 0 Å². The van der Waals surface area contributed by atoms with Gasteiger partial charge in [0.1, 0.15) is 5.75 Å². The molecule has 3 rings (SSSR count). The molecule has 3 aromatic rings. The molecule has 0 radical (unpaired) electrons. The SMILES string of the molecule is Cc1cc(C)c(NC(=O)CNC(=O)CSc2nnc(-c3ccc(OC(F)F)cc3)n2N)c(C)c1. The highest BCUT2D eigenvalue weighted by Crippen LogP contribution is 2.24. The van der Waals surface area contributed by atoms with Crippen molar-refractivity contribution >= 4 is 29.3 Å². The van der Waals surface area contributed by atoms with E-state index in [4.69, 9.17) is 5.84 Å². The van der Waals surface area contributed by atoms with E-state index in [2.05, 4.69) is 25.6 Å². The van der Waals surface area contributed by atoms with Crippen molar-refractivity contribution in [3.8, 4) is 17.1 Å². The molecule has 2 aromatic carbocycles. The zero-order valence-corrected chi connectivity index (χ0v) is 19.6. The summed E-state index contributed by atoms with van der Waals surface area (Å²) in [5.41, 5.74) is 4.26. The van der Waals surface area contributed by atoms with E-state index in [0.717, 1.165) is 34.1 Å². The van der Waals surface area contributed by atoms with Crippen LogP contribution in [0.1, 0.15) is 16.7 Å². The summed E-state index contributed by atoms with van der Waals surface area (Å²) in [7, 11) is 0. The van der Waals surface area contributed by atoms with Gasteiger partial charge in [0.25, 0.3) is 0 Å². The highest BCUT2D eigenvalue weighted by Gasteiger charge is 2.15. The lowest BCUT2D eigenvalue weighted by Gasteiger charge is -2.13. The van der Waals surface area contributed by atoms with Crippen LogP contribution in [0.4, 0.5) is 14.5 Å². The number of ether oxygens (including phenoxy) is 1. The number of thioether (sulfide) groups is 1. The van der Waals surface area contributed by atoms with Crippen LogP contribution in [0.2, 0.25) is 0 Å². The highest BCUT2D eigenvalue weighted by molar-refractivity contribution is 7.99. The van der Waals surface area contributed by atoms with Gasteiger partial charge < -0.3 is 21.2 Å². The maximum absolute atomic E-state index is 12.3. The Morgan fingerprint density at radius 3 is 2.35 bits per heavy atom. The number of halogens is 2. The Kier molecular flexibility index (Phi) is 8.05. The number of hydrogen-bond donors (Lipinski definition) is 3. The maximum Gasteiger partial charge on any atom is 0.387 e. The van der Waals surface area contributed by atoms with E-state index in [-0.39, 0.29) is 40.8 Å². The molecule has 0 aliphatic rings. The van der Waals surface area contributed by atoms with Crippen molar-refractivity contribution in [1.29, 1.82) is 0 Å². The van der Waals surface area contributed by atoms with Gasteiger partial charge in [-0.05, 0) is 56.2 Å². The van der Waals surface area contributed by atoms with E-state index in [9.17, 15) is 18.4 Å². The Balaban J connectivity index is 1.51. The fourth-order valence-electron chi connectivity index (χ4n) is 3.28. The summed E-state index contributed by atoms with van der Waals surface area (Å²) in [4.78, 5) is 24.4. The minimum Gasteiger partial charge on any atom is -0.435 e. The zero-order chi connectivity index (χ0) is 24.8. The first-order chi connectivity index (χ1) is 16.1. The number of rotatable bonds is 9. The standard InChI is InChI=1S/C22H24F2N6O3S/c1-12-8-13(2)19(14(3)9-12)27-17(31)10-26-18(32)11-34-22-29-28-20(30(22)25)15-4-6-16(7-5-15)33-21(23)24/h4-9,21H,10-11,25H2,1-3H3,(H,26,32)(H,27,31). The molecule has 180 valence electrons. The third-order valence-corrected chi connectivity index (χ3v) is 5.67. The Morgan fingerprint density at radius 1 is 1.09 bits per heavy atom. The van der Waals surface area contributed by atoms with Crippen LogP contribution in [0.5, 0.6) is 5.75 Å². The van der Waals surface area contributed by atoms with Crippen LogP contribution in [0.25, 0.3) is 11.4 Å². The minimum absolute atomic E-state index is 0.00448. The Morgan fingerprint density at radius 2 is 1.74 bits per heavy atom. The lowest BCUT2D eigenvalue weighted by molar-refractivity contribution is -0.122. The molecule has 0 saturated heterocycles. The van der Waals surface area contributed by atoms with Crippen molar-refractivity contribution < 1.29 is 23.1 Å². The maximum atomic E-state index is 12.3. The number of benzene rings is 2. The smallest absolute Gasteiger partial charge is 0.387 e. The van der Waals surface area contributed by atoms with E-state index in [1.165, 1.54) is 28.9 Å². The monoisotopic (exact) mass is 490 g/mol. The summed E-state index contributed by atoms with van der Waals surface area (Å²) in [5.74, 6) is 5.55. The summed E-state index contributed by atoms with van der Waals surface area (Å²) in [6, 6.07) is 9.70. The molecule has 4 N–H and O–H groups in total. The number of aromatic nitrogens is 3. The summed E-state index contributed by atoms with van der Waals surface area (Å²) in [6.07, 6.45) is 0. The number of aryl methyl sites for hydroxylation is 3. The quantitative estimate of drug-likeness (QED) is 0.311. The van der Waals surface area contributed by atoms with E-state index in [1.807, 2.05) is 32.9 Å². The van der Waals surface area contributed by atoms with Crippen molar-refractivity contribution in [2.24, 2.45) is 0 Å². The predicted molar refractivity (Wildman–Crippen MR) is 125 cm³/mol. The molecule has 9 nitrogen and oxygen atoms in total. The normalized spacial score (nSPS) is 10.9. The number of amides is 2. The van der Waals surface area contributed by atoms with Crippen molar-refractivity contribution in [2.75, 3.05) is 23.5 Å². The van der Waals surface area contributed by atoms with Gasteiger partial charge in [-0.2, -0.15) is 8.78 Å². The van der Waals surface area contributed by atoms with Gasteiger partial charge in [-0.1, -0.05) is 29.5 Å². The predicted octanol–water partition coefficient (Wildman–Crippen LogP) is 3.03. The average molecular weight is 491 g/mol. The topological polar surface area (TPSA) is 124 Å². The molecule has 12 heteroatoms. The lowest BCUT2D eigenvalue weighted by atomic mass is 10.1. The average Bonchev–Trinajstić information content (AvgIpc) is 3.13. The molecule has 0 aliphatic heterocycles. The Hall–Kier alpha value is -3.67. The molecule has 0 atom stereocenters. The van der Waals surface area contributed by atoms with Crippen molar-refractivity contribution in [2.45, 2.75) is 32.5 Å². The largest absolute Gasteiger partial charge is 0.435 e. The number of anilines is 1. The summed E-state index contributed by atoms with van der Waals surface area (Å²) >= 11 is 1.04. The zero-order valence-electron chi connectivity index (χ0n) is 18.8. The molecule has 0 unspecified atom stereocenters. The number of carbonyl (C=O) groups is 2. The minimum atomic E-state index is -2.92. The van der Waals surface area contributed by atoms with Gasteiger partial charge >= 0.3 is 6.61 Å². The van der Waals surface area contributed by atoms with Crippen LogP contribution < -0.4 is 21.2 Å². The first-order valence-electron chi connectivity index (χ1n) is 10.2. The molecule has 1 heterocycles.